The van der Waals surface area contributed by atoms with Gasteiger partial charge in [-0.05, 0) is 0 Å². The van der Waals surface area contributed by atoms with E-state index in [1.165, 1.54) is 0 Å². The molecule has 12 N–H and O–H groups in total. The molecular weight excluding hydrogens is 737 g/mol. The number of amides is 1. The number of carbonyl (C=O) groups excluding carboxylic acids is 1. The van der Waals surface area contributed by atoms with Gasteiger partial charge in [-0.15, -0.1) is 6.58 Å². The van der Waals surface area contributed by atoms with Crippen LogP contribution in [0.3, 0.4) is 0 Å². The lowest BCUT2D eigenvalue weighted by Crippen LogP contribution is -2.66. The highest BCUT2D eigenvalue weighted by Gasteiger charge is 2.53. The van der Waals surface area contributed by atoms with Crippen LogP contribution in [0.4, 0.5) is 4.79 Å². The van der Waals surface area contributed by atoms with Crippen LogP contribution in [0.2, 0.25) is 0 Å². The zero-order valence-corrected chi connectivity index (χ0v) is 27.7. The molecule has 0 radical (unpaired) electrons. The number of alkyl halides is 3. The molecule has 0 aliphatic carbocycles. The molecule has 3 rings (SSSR count). The molecule has 0 bridgehead atoms. The third-order valence-corrected chi connectivity index (χ3v) is 8.16. The molecule has 3 aliphatic rings. The number of hydrogen-bond donors (Lipinski definition) is 12. The molecule has 49 heavy (non-hydrogen) atoms. The van der Waals surface area contributed by atoms with E-state index in [0.29, 0.717) is 0 Å². The standard InChI is InChI=1S/C26H42Cl3NO19/c1-2-9(34)8(30-25(42)44-7-26(27,28)29)6-43-22-18(40)15(37)20(11(4-32)46-22)49-24-19(41)16(38)21(12(5-33)47-24)48-23-17(39)14(36)13(35)10(3-31)45-23/h2,8-24,31-41H,1,3-7H2,(H,30,42)/t8-,9+,10?,11?,12?,13-,14-,15+,16+,17-,18-,19-,20+,21-,22?,23?,24?/m0/s1. The lowest BCUT2D eigenvalue weighted by molar-refractivity contribution is -0.379. The van der Waals surface area contributed by atoms with Gasteiger partial charge in [0.15, 0.2) is 18.9 Å². The van der Waals surface area contributed by atoms with E-state index in [1.807, 2.05) is 0 Å². The minimum absolute atomic E-state index is 0.584. The highest BCUT2D eigenvalue weighted by Crippen LogP contribution is 2.33. The van der Waals surface area contributed by atoms with Gasteiger partial charge in [0.25, 0.3) is 0 Å². The van der Waals surface area contributed by atoms with Crippen LogP contribution < -0.4 is 5.32 Å². The number of ether oxygens (including phenoxy) is 7. The van der Waals surface area contributed by atoms with E-state index in [9.17, 15) is 61.0 Å². The van der Waals surface area contributed by atoms with Crippen LogP contribution >= 0.6 is 34.8 Å². The van der Waals surface area contributed by atoms with Gasteiger partial charge in [-0.3, -0.25) is 0 Å². The fraction of sp³-hybridized carbons (Fsp3) is 0.885. The first-order valence-corrected chi connectivity index (χ1v) is 15.9. The molecule has 0 saturated carbocycles. The van der Waals surface area contributed by atoms with Crippen LogP contribution in [0.5, 0.6) is 0 Å². The molecule has 3 heterocycles. The third kappa shape index (κ3) is 10.9. The highest BCUT2D eigenvalue weighted by atomic mass is 35.6. The number of aliphatic hydroxyl groups excluding tert-OH is 11. The Hall–Kier alpha value is -0.800. The molecule has 0 aromatic heterocycles. The summed E-state index contributed by atoms with van der Waals surface area (Å²) in [6.45, 7) is -0.356. The summed E-state index contributed by atoms with van der Waals surface area (Å²) in [5.41, 5.74) is 0. The summed E-state index contributed by atoms with van der Waals surface area (Å²) in [6.07, 6.45) is -27.8. The molecule has 6 unspecified atom stereocenters. The maximum Gasteiger partial charge on any atom is 0.407 e. The minimum Gasteiger partial charge on any atom is -0.445 e. The van der Waals surface area contributed by atoms with Gasteiger partial charge in [-0.25, -0.2) is 4.79 Å². The van der Waals surface area contributed by atoms with Gasteiger partial charge in [0.2, 0.25) is 3.79 Å². The van der Waals surface area contributed by atoms with Crippen LogP contribution in [-0.2, 0) is 33.2 Å². The van der Waals surface area contributed by atoms with Gasteiger partial charge in [-0.1, -0.05) is 40.9 Å². The van der Waals surface area contributed by atoms with Gasteiger partial charge in [0, 0.05) is 0 Å². The van der Waals surface area contributed by atoms with Crippen molar-refractivity contribution in [3.63, 3.8) is 0 Å². The second-order valence-electron chi connectivity index (χ2n) is 11.3. The number of carbonyl (C=O) groups is 1. The zero-order chi connectivity index (χ0) is 36.8. The Morgan fingerprint density at radius 3 is 1.65 bits per heavy atom. The molecular formula is C26H42Cl3NO19. The normalized spacial score (nSPS) is 41.5. The monoisotopic (exact) mass is 777 g/mol. The Morgan fingerprint density at radius 2 is 1.18 bits per heavy atom. The molecule has 23 heteroatoms. The van der Waals surface area contributed by atoms with Crippen molar-refractivity contribution in [2.24, 2.45) is 0 Å². The maximum absolute atomic E-state index is 12.1. The van der Waals surface area contributed by atoms with Crippen molar-refractivity contribution in [1.82, 2.24) is 5.32 Å². The quantitative estimate of drug-likeness (QED) is 0.0578. The fourth-order valence-corrected chi connectivity index (χ4v) is 5.27. The van der Waals surface area contributed by atoms with Crippen molar-refractivity contribution in [3.05, 3.63) is 12.7 Å². The second kappa shape index (κ2) is 18.8. The smallest absolute Gasteiger partial charge is 0.407 e. The van der Waals surface area contributed by atoms with Crippen LogP contribution in [0.1, 0.15) is 0 Å². The van der Waals surface area contributed by atoms with Gasteiger partial charge in [-0.2, -0.15) is 0 Å². The average molecular weight is 779 g/mol. The van der Waals surface area contributed by atoms with Crippen molar-refractivity contribution >= 4 is 40.9 Å². The summed E-state index contributed by atoms with van der Waals surface area (Å²) < 4.78 is 35.7. The molecule has 20 nitrogen and oxygen atoms in total. The number of halogens is 3. The number of hydrogen-bond acceptors (Lipinski definition) is 19. The van der Waals surface area contributed by atoms with Crippen molar-refractivity contribution < 1.29 is 94.1 Å². The molecule has 3 aliphatic heterocycles. The summed E-state index contributed by atoms with van der Waals surface area (Å²) in [5, 5.41) is 115. The molecule has 286 valence electrons. The van der Waals surface area contributed by atoms with Crippen LogP contribution in [0.25, 0.3) is 0 Å². The maximum atomic E-state index is 12.1. The van der Waals surface area contributed by atoms with E-state index in [1.54, 1.807) is 0 Å². The van der Waals surface area contributed by atoms with Crippen LogP contribution in [0.15, 0.2) is 12.7 Å². The second-order valence-corrected chi connectivity index (χ2v) is 13.8. The fourth-order valence-electron chi connectivity index (χ4n) is 5.11. The Labute approximate surface area is 293 Å². The summed E-state index contributed by atoms with van der Waals surface area (Å²) in [6, 6.07) is -1.27. The van der Waals surface area contributed by atoms with E-state index < -0.39 is 147 Å². The number of nitrogens with one attached hydrogen (secondary N) is 1. The molecule has 0 spiro atoms. The lowest BCUT2D eigenvalue weighted by atomic mass is 9.96. The Bertz CT molecular complexity index is 1040. The van der Waals surface area contributed by atoms with Crippen molar-refractivity contribution in [3.8, 4) is 0 Å². The van der Waals surface area contributed by atoms with E-state index in [4.69, 9.17) is 68.0 Å². The first kappa shape index (κ1) is 42.6. The molecule has 3 fully saturated rings. The van der Waals surface area contributed by atoms with Gasteiger partial charge in [0.05, 0.1) is 38.6 Å². The summed E-state index contributed by atoms with van der Waals surface area (Å²) in [7, 11) is 0. The average Bonchev–Trinajstić information content (AvgIpc) is 3.07. The minimum atomic E-state index is -2.01. The van der Waals surface area contributed by atoms with Crippen LogP contribution in [-0.4, -0.2) is 203 Å². The molecule has 3 saturated heterocycles. The molecule has 17 atom stereocenters. The summed E-state index contributed by atoms with van der Waals surface area (Å²) >= 11 is 16.6. The van der Waals surface area contributed by atoms with Gasteiger partial charge < -0.3 is 94.6 Å². The highest BCUT2D eigenvalue weighted by molar-refractivity contribution is 6.67. The Balaban J connectivity index is 1.65. The SMILES string of the molecule is C=C[C@@H](O)[C@H](COC1OC(CO)[C@@H](OC2OC(CO)[C@H](OC3OC(CO)[C@H](O)[C@H](O)[C@@H]3O)[C@H](O)[C@@H]2O)[C@H](O)[C@@H]1O)NC(=O)OCC(Cl)(Cl)Cl. The lowest BCUT2D eigenvalue weighted by Gasteiger charge is -2.48. The molecule has 0 aromatic rings. The van der Waals surface area contributed by atoms with E-state index in [-0.39, 0.29) is 0 Å². The van der Waals surface area contributed by atoms with Crippen LogP contribution in [0, 0.1) is 0 Å². The Morgan fingerprint density at radius 1 is 0.735 bits per heavy atom. The topological polar surface area (TPSA) is 316 Å². The van der Waals surface area contributed by atoms with Gasteiger partial charge >= 0.3 is 6.09 Å². The number of aliphatic hydroxyl groups is 11. The zero-order valence-electron chi connectivity index (χ0n) is 25.5. The van der Waals surface area contributed by atoms with Crippen molar-refractivity contribution in [1.29, 1.82) is 0 Å². The van der Waals surface area contributed by atoms with Crippen molar-refractivity contribution in [2.45, 2.75) is 108 Å². The third-order valence-electron chi connectivity index (χ3n) is 7.84. The first-order chi connectivity index (χ1) is 23.0. The molecule has 0 aromatic carbocycles. The Kier molecular flexibility index (Phi) is 16.4. The van der Waals surface area contributed by atoms with E-state index in [2.05, 4.69) is 11.9 Å². The van der Waals surface area contributed by atoms with E-state index >= 15 is 0 Å². The van der Waals surface area contributed by atoms with Crippen molar-refractivity contribution in [2.75, 3.05) is 33.0 Å². The number of alkyl carbamates (subject to hydrolysis) is 1. The summed E-state index contributed by atoms with van der Waals surface area (Å²) in [5.74, 6) is 0. The predicted octanol–water partition coefficient (Wildman–Crippen LogP) is -5.54. The first-order valence-electron chi connectivity index (χ1n) is 14.8. The van der Waals surface area contributed by atoms with Gasteiger partial charge in [0.1, 0.15) is 79.9 Å². The molecule has 1 amide bonds. The predicted molar refractivity (Wildman–Crippen MR) is 160 cm³/mol. The van der Waals surface area contributed by atoms with E-state index in [0.717, 1.165) is 6.08 Å². The summed E-state index contributed by atoms with van der Waals surface area (Å²) in [4.78, 5) is 12.1. The number of rotatable bonds is 14. The largest absolute Gasteiger partial charge is 0.445 e.